The number of rotatable bonds is 7. The number of benzene rings is 1. The van der Waals surface area contributed by atoms with Gasteiger partial charge in [-0.05, 0) is 32.0 Å². The summed E-state index contributed by atoms with van der Waals surface area (Å²) in [5, 5.41) is 10.8. The molecule has 1 aromatic rings. The third-order valence-corrected chi connectivity index (χ3v) is 3.34. The molecule has 0 aliphatic rings. The first-order chi connectivity index (χ1) is 9.39. The van der Waals surface area contributed by atoms with Gasteiger partial charge in [0.15, 0.2) is 5.60 Å². The maximum atomic E-state index is 12.3. The van der Waals surface area contributed by atoms with Gasteiger partial charge in [0.1, 0.15) is 0 Å². The molecule has 1 N–H and O–H groups in total. The highest BCUT2D eigenvalue weighted by molar-refractivity contribution is 5.85. The first-order valence-electron chi connectivity index (χ1n) is 6.99. The lowest BCUT2D eigenvalue weighted by Crippen LogP contribution is -2.42. The fraction of sp³-hybridized carbons (Fsp3) is 0.562. The number of halogens is 1. The molecule has 0 aliphatic carbocycles. The van der Waals surface area contributed by atoms with Crippen LogP contribution in [-0.2, 0) is 15.1 Å². The second-order valence-corrected chi connectivity index (χ2v) is 5.58. The van der Waals surface area contributed by atoms with Crippen molar-refractivity contribution in [3.8, 4) is 0 Å². The van der Waals surface area contributed by atoms with Crippen LogP contribution in [0.3, 0.4) is 0 Å². The van der Waals surface area contributed by atoms with E-state index in [4.69, 9.17) is 4.74 Å². The zero-order valence-electron chi connectivity index (χ0n) is 13.2. The van der Waals surface area contributed by atoms with Crippen LogP contribution in [0.25, 0.3) is 0 Å². The summed E-state index contributed by atoms with van der Waals surface area (Å²) in [5.41, 5.74) is -1.01. The Balaban J connectivity index is 0.00000400. The van der Waals surface area contributed by atoms with E-state index in [1.807, 2.05) is 51.0 Å². The number of hydrogen-bond donors (Lipinski definition) is 1. The molecule has 4 nitrogen and oxygen atoms in total. The maximum Gasteiger partial charge on any atom is 0.343 e. The molecule has 1 aromatic carbocycles. The topological polar surface area (TPSA) is 49.8 Å². The quantitative estimate of drug-likeness (QED) is 0.620. The van der Waals surface area contributed by atoms with E-state index in [1.165, 1.54) is 0 Å². The van der Waals surface area contributed by atoms with E-state index in [0.717, 1.165) is 13.0 Å². The van der Waals surface area contributed by atoms with Crippen LogP contribution in [-0.4, -0.2) is 43.2 Å². The van der Waals surface area contributed by atoms with E-state index < -0.39 is 11.6 Å². The van der Waals surface area contributed by atoms with Crippen molar-refractivity contribution in [2.45, 2.75) is 25.9 Å². The number of carbonyl (C=O) groups excluding carboxylic acids is 1. The number of ether oxygens (including phenoxy) is 1. The molecule has 1 unspecified atom stereocenters. The van der Waals surface area contributed by atoms with Crippen molar-refractivity contribution < 1.29 is 14.6 Å². The summed E-state index contributed by atoms with van der Waals surface area (Å²) >= 11 is 0. The Bertz CT molecular complexity index is 423. The van der Waals surface area contributed by atoms with Gasteiger partial charge in [-0.3, -0.25) is 0 Å². The van der Waals surface area contributed by atoms with Gasteiger partial charge in [-0.2, -0.15) is 0 Å². The second kappa shape index (κ2) is 9.03. The molecule has 0 radical (unpaired) electrons. The highest BCUT2D eigenvalue weighted by Gasteiger charge is 2.42. The minimum Gasteiger partial charge on any atom is -0.463 e. The molecule has 0 aromatic heterocycles. The molecule has 0 amide bonds. The largest absolute Gasteiger partial charge is 0.463 e. The third kappa shape index (κ3) is 5.30. The molecule has 1 atom stereocenters. The van der Waals surface area contributed by atoms with Crippen molar-refractivity contribution in [3.63, 3.8) is 0 Å². The lowest BCUT2D eigenvalue weighted by Gasteiger charge is -2.30. The molecule has 0 saturated heterocycles. The number of nitrogens with zero attached hydrogens (tertiary/aromatic N) is 1. The smallest absolute Gasteiger partial charge is 0.343 e. The van der Waals surface area contributed by atoms with Crippen molar-refractivity contribution in [2.75, 3.05) is 27.2 Å². The zero-order valence-corrected chi connectivity index (χ0v) is 14.0. The zero-order chi connectivity index (χ0) is 15.2. The van der Waals surface area contributed by atoms with Gasteiger partial charge >= 0.3 is 5.97 Å². The molecule has 0 saturated carbocycles. The van der Waals surface area contributed by atoms with Gasteiger partial charge in [0.25, 0.3) is 0 Å². The summed E-state index contributed by atoms with van der Waals surface area (Å²) in [7, 11) is 3.94. The summed E-state index contributed by atoms with van der Waals surface area (Å²) in [6, 6.07) is 8.97. The van der Waals surface area contributed by atoms with E-state index in [1.54, 1.807) is 12.1 Å². The summed E-state index contributed by atoms with van der Waals surface area (Å²) in [6.45, 7) is 4.79. The SMILES string of the molecule is CC(C)C(O)(C(=O)OCCCN(C)C)c1ccccc1.Cl. The fourth-order valence-electron chi connectivity index (χ4n) is 2.03. The molecule has 0 heterocycles. The Morgan fingerprint density at radius 2 is 1.86 bits per heavy atom. The van der Waals surface area contributed by atoms with Gasteiger partial charge in [-0.1, -0.05) is 44.2 Å². The average Bonchev–Trinajstić information content (AvgIpc) is 2.42. The molecule has 0 aliphatic heterocycles. The van der Waals surface area contributed by atoms with Crippen molar-refractivity contribution >= 4 is 18.4 Å². The van der Waals surface area contributed by atoms with Gasteiger partial charge in [-0.25, -0.2) is 4.79 Å². The molecule has 1 rings (SSSR count). The molecule has 120 valence electrons. The Kier molecular flexibility index (Phi) is 8.55. The lowest BCUT2D eigenvalue weighted by molar-refractivity contribution is -0.172. The predicted octanol–water partition coefficient (Wildman–Crippen LogP) is 2.45. The van der Waals surface area contributed by atoms with E-state index >= 15 is 0 Å². The summed E-state index contributed by atoms with van der Waals surface area (Å²) < 4.78 is 5.26. The highest BCUT2D eigenvalue weighted by atomic mass is 35.5. The van der Waals surface area contributed by atoms with Crippen molar-refractivity contribution in [3.05, 3.63) is 35.9 Å². The van der Waals surface area contributed by atoms with Gasteiger partial charge in [0.2, 0.25) is 0 Å². The van der Waals surface area contributed by atoms with E-state index in [0.29, 0.717) is 12.2 Å². The first-order valence-corrected chi connectivity index (χ1v) is 6.99. The molecule has 0 fully saturated rings. The molecular formula is C16H26ClNO3. The molecule has 21 heavy (non-hydrogen) atoms. The highest BCUT2D eigenvalue weighted by Crippen LogP contribution is 2.30. The van der Waals surface area contributed by atoms with Crippen LogP contribution in [0.2, 0.25) is 0 Å². The minimum absolute atomic E-state index is 0. The molecule has 5 heteroatoms. The van der Waals surface area contributed by atoms with Crippen LogP contribution in [0.5, 0.6) is 0 Å². The van der Waals surface area contributed by atoms with Gasteiger partial charge in [-0.15, -0.1) is 12.4 Å². The van der Waals surface area contributed by atoms with Crippen LogP contribution in [0.1, 0.15) is 25.8 Å². The summed E-state index contributed by atoms with van der Waals surface area (Å²) in [5.74, 6) is -0.830. The van der Waals surface area contributed by atoms with Crippen molar-refractivity contribution in [1.82, 2.24) is 4.90 Å². The van der Waals surface area contributed by atoms with Crippen molar-refractivity contribution in [2.24, 2.45) is 5.92 Å². The van der Waals surface area contributed by atoms with Gasteiger partial charge in [0.05, 0.1) is 6.61 Å². The molecule has 0 spiro atoms. The number of carbonyl (C=O) groups is 1. The fourth-order valence-corrected chi connectivity index (χ4v) is 2.03. The summed E-state index contributed by atoms with van der Waals surface area (Å²) in [6.07, 6.45) is 0.752. The lowest BCUT2D eigenvalue weighted by atomic mass is 9.83. The number of hydrogen-bond acceptors (Lipinski definition) is 4. The Labute approximate surface area is 133 Å². The standard InChI is InChI=1S/C16H25NO3.ClH/c1-13(2)16(19,14-9-6-5-7-10-14)15(18)20-12-8-11-17(3)4;/h5-7,9-10,13,19H,8,11-12H2,1-4H3;1H. The minimum atomic E-state index is -1.58. The summed E-state index contributed by atoms with van der Waals surface area (Å²) in [4.78, 5) is 14.3. The molecular weight excluding hydrogens is 290 g/mol. The van der Waals surface area contributed by atoms with Crippen LogP contribution < -0.4 is 0 Å². The number of esters is 1. The van der Waals surface area contributed by atoms with Gasteiger partial charge in [0, 0.05) is 6.54 Å². The normalized spacial score (nSPS) is 13.7. The van der Waals surface area contributed by atoms with Gasteiger partial charge < -0.3 is 14.7 Å². The average molecular weight is 316 g/mol. The Morgan fingerprint density at radius 3 is 2.33 bits per heavy atom. The van der Waals surface area contributed by atoms with E-state index in [9.17, 15) is 9.90 Å². The number of aliphatic hydroxyl groups is 1. The predicted molar refractivity (Wildman–Crippen MR) is 86.6 cm³/mol. The van der Waals surface area contributed by atoms with Crippen LogP contribution >= 0.6 is 12.4 Å². The van der Waals surface area contributed by atoms with E-state index in [-0.39, 0.29) is 18.3 Å². The second-order valence-electron chi connectivity index (χ2n) is 5.58. The maximum absolute atomic E-state index is 12.3. The van der Waals surface area contributed by atoms with Crippen LogP contribution in [0.4, 0.5) is 0 Å². The van der Waals surface area contributed by atoms with E-state index in [2.05, 4.69) is 0 Å². The van der Waals surface area contributed by atoms with Crippen LogP contribution in [0, 0.1) is 5.92 Å². The molecule has 0 bridgehead atoms. The monoisotopic (exact) mass is 315 g/mol. The van der Waals surface area contributed by atoms with Crippen molar-refractivity contribution in [1.29, 1.82) is 0 Å². The first kappa shape index (κ1) is 19.9. The Morgan fingerprint density at radius 1 is 1.29 bits per heavy atom. The Hall–Kier alpha value is -1.10. The van der Waals surface area contributed by atoms with Crippen LogP contribution in [0.15, 0.2) is 30.3 Å². The third-order valence-electron chi connectivity index (χ3n) is 3.34.